The van der Waals surface area contributed by atoms with Crippen LogP contribution < -0.4 is 4.72 Å². The monoisotopic (exact) mass is 352 g/mol. The van der Waals surface area contributed by atoms with Gasteiger partial charge in [0.1, 0.15) is 10.4 Å². The predicted octanol–water partition coefficient (Wildman–Crippen LogP) is 4.44. The lowest BCUT2D eigenvalue weighted by atomic mass is 10.1. The molecule has 0 spiro atoms. The smallest absolute Gasteiger partial charge is 0.289 e. The second kappa shape index (κ2) is 7.90. The number of alkyl halides is 2. The van der Waals surface area contributed by atoms with Gasteiger partial charge in [0.2, 0.25) is 0 Å². The summed E-state index contributed by atoms with van der Waals surface area (Å²) in [6, 6.07) is 2.57. The zero-order chi connectivity index (χ0) is 17.0. The van der Waals surface area contributed by atoms with Gasteiger partial charge in [0.15, 0.2) is 0 Å². The summed E-state index contributed by atoms with van der Waals surface area (Å²) in [7, 11) is 0. The minimum Gasteiger partial charge on any atom is -0.598 e. The topological polar surface area (TPSA) is 48.0 Å². The molecule has 7 heteroatoms. The third kappa shape index (κ3) is 6.36. The maximum absolute atomic E-state index is 14.0. The molecule has 0 aliphatic carbocycles. The van der Waals surface area contributed by atoms with E-state index in [9.17, 15) is 13.3 Å². The van der Waals surface area contributed by atoms with Gasteiger partial charge in [-0.05, 0) is 52.7 Å². The SMILES string of the molecule is C[C@@H](CCCC(F)(F)c1cc(Cl)ccn1)N[S+]([O-])C(C)(C)C. The van der Waals surface area contributed by atoms with Crippen molar-refractivity contribution in [3.05, 3.63) is 29.0 Å². The van der Waals surface area contributed by atoms with Gasteiger partial charge in [-0.25, -0.2) is 0 Å². The first kappa shape index (κ1) is 19.6. The third-order valence-corrected chi connectivity index (χ3v) is 5.05. The molecule has 2 atom stereocenters. The zero-order valence-electron chi connectivity index (χ0n) is 13.3. The van der Waals surface area contributed by atoms with Crippen molar-refractivity contribution in [3.63, 3.8) is 0 Å². The molecule has 1 heterocycles. The van der Waals surface area contributed by atoms with Crippen LogP contribution in [0, 0.1) is 0 Å². The Morgan fingerprint density at radius 2 is 2.05 bits per heavy atom. The van der Waals surface area contributed by atoms with Gasteiger partial charge >= 0.3 is 0 Å². The number of aromatic nitrogens is 1. The number of nitrogens with zero attached hydrogens (tertiary/aromatic N) is 1. The molecule has 22 heavy (non-hydrogen) atoms. The average Bonchev–Trinajstić information content (AvgIpc) is 2.37. The molecule has 0 saturated heterocycles. The van der Waals surface area contributed by atoms with Crippen molar-refractivity contribution >= 4 is 23.0 Å². The summed E-state index contributed by atoms with van der Waals surface area (Å²) in [4.78, 5) is 3.69. The molecule has 0 aliphatic heterocycles. The third-order valence-electron chi connectivity index (χ3n) is 3.09. The molecular weight excluding hydrogens is 330 g/mol. The molecule has 1 unspecified atom stereocenters. The fourth-order valence-corrected chi connectivity index (χ4v) is 2.78. The predicted molar refractivity (Wildman–Crippen MR) is 87.5 cm³/mol. The number of nitrogens with one attached hydrogen (secondary N) is 1. The van der Waals surface area contributed by atoms with Crippen molar-refractivity contribution in [2.24, 2.45) is 0 Å². The quantitative estimate of drug-likeness (QED) is 0.738. The molecule has 0 aliphatic rings. The normalized spacial score (nSPS) is 15.6. The summed E-state index contributed by atoms with van der Waals surface area (Å²) in [5.74, 6) is -3.01. The van der Waals surface area contributed by atoms with Crippen LogP contribution in [0.4, 0.5) is 8.78 Å². The Morgan fingerprint density at radius 1 is 1.41 bits per heavy atom. The first-order valence-corrected chi connectivity index (χ1v) is 8.73. The maximum Gasteiger partial charge on any atom is 0.289 e. The molecule has 126 valence electrons. The first-order chi connectivity index (χ1) is 10.0. The van der Waals surface area contributed by atoms with Crippen LogP contribution >= 0.6 is 11.6 Å². The Hall–Kier alpha value is -0.430. The van der Waals surface area contributed by atoms with Gasteiger partial charge in [0.05, 0.1) is 0 Å². The van der Waals surface area contributed by atoms with Crippen molar-refractivity contribution in [3.8, 4) is 0 Å². The van der Waals surface area contributed by atoms with E-state index in [0.29, 0.717) is 12.8 Å². The van der Waals surface area contributed by atoms with Crippen molar-refractivity contribution in [2.45, 2.75) is 63.7 Å². The van der Waals surface area contributed by atoms with Gasteiger partial charge in [0.25, 0.3) is 5.92 Å². The minimum absolute atomic E-state index is 0.0943. The molecule has 1 N–H and O–H groups in total. The summed E-state index contributed by atoms with van der Waals surface area (Å²) in [6.07, 6.45) is 1.78. The average molecular weight is 353 g/mol. The lowest BCUT2D eigenvalue weighted by molar-refractivity contribution is -0.0203. The summed E-state index contributed by atoms with van der Waals surface area (Å²) in [5.41, 5.74) is -0.307. The van der Waals surface area contributed by atoms with Crippen LogP contribution in [0.15, 0.2) is 18.3 Å². The molecule has 0 radical (unpaired) electrons. The van der Waals surface area contributed by atoms with Crippen LogP contribution in [0.2, 0.25) is 5.02 Å². The van der Waals surface area contributed by atoms with Gasteiger partial charge in [-0.3, -0.25) is 4.98 Å². The highest BCUT2D eigenvalue weighted by Gasteiger charge is 2.33. The highest BCUT2D eigenvalue weighted by atomic mass is 35.5. The Bertz CT molecular complexity index is 483. The molecule has 1 aromatic rings. The standard InChI is InChI=1S/C15H23ClF2N2OS/c1-11(20-22(21)14(2,3)4)6-5-8-15(17,18)13-10-12(16)7-9-19-13/h7,9-11,20H,5-6,8H2,1-4H3/t11-,22?/m0/s1. The highest BCUT2D eigenvalue weighted by molar-refractivity contribution is 7.90. The van der Waals surface area contributed by atoms with E-state index in [-0.39, 0.29) is 27.9 Å². The van der Waals surface area contributed by atoms with Crippen LogP contribution in [0.25, 0.3) is 0 Å². The lowest BCUT2D eigenvalue weighted by Gasteiger charge is -2.26. The molecule has 0 saturated carbocycles. The fraction of sp³-hybridized carbons (Fsp3) is 0.667. The van der Waals surface area contributed by atoms with Gasteiger partial charge < -0.3 is 4.55 Å². The lowest BCUT2D eigenvalue weighted by Crippen LogP contribution is -2.43. The van der Waals surface area contributed by atoms with Crippen LogP contribution in [0.1, 0.15) is 52.7 Å². The molecule has 1 rings (SSSR count). The molecule has 0 amide bonds. The number of rotatable bonds is 7. The summed E-state index contributed by atoms with van der Waals surface area (Å²) in [6.45, 7) is 7.44. The second-order valence-electron chi connectivity index (χ2n) is 6.36. The highest BCUT2D eigenvalue weighted by Crippen LogP contribution is 2.33. The van der Waals surface area contributed by atoms with Gasteiger partial charge in [0, 0.05) is 35.0 Å². The summed E-state index contributed by atoms with van der Waals surface area (Å²) >= 11 is 4.52. The van der Waals surface area contributed by atoms with Crippen molar-refractivity contribution in [2.75, 3.05) is 0 Å². The number of hydrogen-bond acceptors (Lipinski definition) is 3. The van der Waals surface area contributed by atoms with E-state index in [0.717, 1.165) is 0 Å². The molecule has 3 nitrogen and oxygen atoms in total. The molecule has 0 bridgehead atoms. The minimum atomic E-state index is -3.01. The van der Waals surface area contributed by atoms with E-state index in [4.69, 9.17) is 11.6 Å². The van der Waals surface area contributed by atoms with Crippen LogP contribution in [-0.4, -0.2) is 20.3 Å². The van der Waals surface area contributed by atoms with Gasteiger partial charge in [-0.15, -0.1) is 4.72 Å². The zero-order valence-corrected chi connectivity index (χ0v) is 14.9. The Labute approximate surface area is 139 Å². The Kier molecular flexibility index (Phi) is 7.05. The first-order valence-electron chi connectivity index (χ1n) is 7.20. The van der Waals surface area contributed by atoms with Crippen LogP contribution in [-0.2, 0) is 17.3 Å². The largest absolute Gasteiger partial charge is 0.598 e. The summed E-state index contributed by atoms with van der Waals surface area (Å²) < 4.78 is 42.6. The second-order valence-corrected chi connectivity index (χ2v) is 8.79. The molecule has 0 aromatic carbocycles. The van der Waals surface area contributed by atoms with E-state index >= 15 is 0 Å². The van der Waals surface area contributed by atoms with Crippen molar-refractivity contribution in [1.82, 2.24) is 9.71 Å². The van der Waals surface area contributed by atoms with Crippen molar-refractivity contribution < 1.29 is 13.3 Å². The van der Waals surface area contributed by atoms with E-state index in [1.165, 1.54) is 18.3 Å². The number of halogens is 3. The van der Waals surface area contributed by atoms with E-state index in [1.807, 2.05) is 27.7 Å². The molecular formula is C15H23ClF2N2OS. The van der Waals surface area contributed by atoms with Gasteiger partial charge in [-0.2, -0.15) is 8.78 Å². The summed E-state index contributed by atoms with van der Waals surface area (Å²) in [5, 5.41) is 0.250. The van der Waals surface area contributed by atoms with E-state index < -0.39 is 17.3 Å². The maximum atomic E-state index is 14.0. The van der Waals surface area contributed by atoms with Crippen LogP contribution in [0.5, 0.6) is 0 Å². The number of pyridine rings is 1. The molecule has 0 fully saturated rings. The van der Waals surface area contributed by atoms with E-state index in [1.54, 1.807) is 0 Å². The molecule has 1 aromatic heterocycles. The van der Waals surface area contributed by atoms with Crippen LogP contribution in [0.3, 0.4) is 0 Å². The number of hydrogen-bond donors (Lipinski definition) is 1. The fourth-order valence-electron chi connectivity index (χ4n) is 1.78. The Balaban J connectivity index is 2.46. The van der Waals surface area contributed by atoms with Crippen molar-refractivity contribution in [1.29, 1.82) is 0 Å². The Morgan fingerprint density at radius 3 is 2.59 bits per heavy atom. The van der Waals surface area contributed by atoms with E-state index in [2.05, 4.69) is 9.71 Å². The van der Waals surface area contributed by atoms with Gasteiger partial charge in [-0.1, -0.05) is 11.6 Å².